The number of carbonyl (C=O) groups is 1. The molecule has 1 aliphatic heterocycles. The van der Waals surface area contributed by atoms with Crippen molar-refractivity contribution in [2.24, 2.45) is 5.92 Å². The van der Waals surface area contributed by atoms with Crippen molar-refractivity contribution in [1.82, 2.24) is 14.8 Å². The molecule has 110 valence electrons. The number of fused-ring (bicyclic) bond motifs is 1. The fourth-order valence-corrected chi connectivity index (χ4v) is 3.06. The molecule has 1 aromatic carbocycles. The molecule has 0 aliphatic carbocycles. The Morgan fingerprint density at radius 2 is 2.14 bits per heavy atom. The van der Waals surface area contributed by atoms with Gasteiger partial charge in [-0.3, -0.25) is 4.79 Å². The predicted octanol–water partition coefficient (Wildman–Crippen LogP) is 2.47. The molecule has 2 aromatic rings. The van der Waals surface area contributed by atoms with Crippen LogP contribution in [0.15, 0.2) is 30.3 Å². The largest absolute Gasteiger partial charge is 0.481 e. The Morgan fingerprint density at radius 3 is 2.81 bits per heavy atom. The minimum absolute atomic E-state index is 0.167. The smallest absolute Gasteiger partial charge is 0.308 e. The third-order valence-corrected chi connectivity index (χ3v) is 4.25. The average Bonchev–Trinajstić information content (AvgIpc) is 2.92. The summed E-state index contributed by atoms with van der Waals surface area (Å²) in [6.45, 7) is 2.60. The van der Waals surface area contributed by atoms with Gasteiger partial charge < -0.3 is 9.67 Å². The third-order valence-electron chi connectivity index (χ3n) is 4.25. The van der Waals surface area contributed by atoms with E-state index in [9.17, 15) is 9.90 Å². The second-order valence-electron chi connectivity index (χ2n) is 5.53. The van der Waals surface area contributed by atoms with Crippen LogP contribution in [0.3, 0.4) is 0 Å². The summed E-state index contributed by atoms with van der Waals surface area (Å²) in [5.74, 6) is 0.912. The highest BCUT2D eigenvalue weighted by molar-refractivity contribution is 5.70. The SMILES string of the molecule is CCC(c1ccccc1)c1nnc2n1CC(C(=O)O)CC2. The summed E-state index contributed by atoms with van der Waals surface area (Å²) >= 11 is 0. The highest BCUT2D eigenvalue weighted by Gasteiger charge is 2.29. The first kappa shape index (κ1) is 13.8. The van der Waals surface area contributed by atoms with Crippen LogP contribution in [0.2, 0.25) is 0 Å². The summed E-state index contributed by atoms with van der Waals surface area (Å²) in [4.78, 5) is 11.3. The predicted molar refractivity (Wildman–Crippen MR) is 78.0 cm³/mol. The van der Waals surface area contributed by atoms with Crippen LogP contribution in [0.5, 0.6) is 0 Å². The second-order valence-corrected chi connectivity index (χ2v) is 5.53. The van der Waals surface area contributed by atoms with E-state index < -0.39 is 5.97 Å². The van der Waals surface area contributed by atoms with Crippen molar-refractivity contribution in [3.05, 3.63) is 47.5 Å². The highest BCUT2D eigenvalue weighted by Crippen LogP contribution is 2.30. The maximum absolute atomic E-state index is 11.3. The molecule has 1 aliphatic rings. The molecule has 2 unspecified atom stereocenters. The lowest BCUT2D eigenvalue weighted by atomic mass is 9.94. The van der Waals surface area contributed by atoms with Crippen LogP contribution in [0, 0.1) is 5.92 Å². The topological polar surface area (TPSA) is 68.0 Å². The molecule has 0 bridgehead atoms. The zero-order chi connectivity index (χ0) is 14.8. The van der Waals surface area contributed by atoms with Crippen molar-refractivity contribution >= 4 is 5.97 Å². The number of aryl methyl sites for hydroxylation is 1. The van der Waals surface area contributed by atoms with Gasteiger partial charge in [-0.25, -0.2) is 0 Å². The maximum atomic E-state index is 11.3. The van der Waals surface area contributed by atoms with Crippen molar-refractivity contribution in [3.8, 4) is 0 Å². The molecular formula is C16H19N3O2. The standard InChI is InChI=1S/C16H19N3O2/c1-2-13(11-6-4-3-5-7-11)15-18-17-14-9-8-12(16(20)21)10-19(14)15/h3-7,12-13H,2,8-10H2,1H3,(H,20,21). The fourth-order valence-electron chi connectivity index (χ4n) is 3.06. The summed E-state index contributed by atoms with van der Waals surface area (Å²) in [5.41, 5.74) is 1.20. The van der Waals surface area contributed by atoms with Gasteiger partial charge in [-0.2, -0.15) is 0 Å². The molecule has 21 heavy (non-hydrogen) atoms. The Balaban J connectivity index is 1.96. The van der Waals surface area contributed by atoms with Gasteiger partial charge in [0.2, 0.25) is 0 Å². The first-order chi connectivity index (χ1) is 10.2. The average molecular weight is 285 g/mol. The van der Waals surface area contributed by atoms with E-state index in [1.807, 2.05) is 22.8 Å². The van der Waals surface area contributed by atoms with E-state index in [1.165, 1.54) is 5.56 Å². The molecule has 1 aromatic heterocycles. The van der Waals surface area contributed by atoms with E-state index in [2.05, 4.69) is 29.3 Å². The molecule has 0 fully saturated rings. The van der Waals surface area contributed by atoms with Gasteiger partial charge in [0.25, 0.3) is 0 Å². The van der Waals surface area contributed by atoms with E-state index in [4.69, 9.17) is 0 Å². The van der Waals surface area contributed by atoms with Gasteiger partial charge in [0.05, 0.1) is 5.92 Å². The minimum atomic E-state index is -0.729. The second kappa shape index (κ2) is 5.68. The molecule has 5 heteroatoms. The van der Waals surface area contributed by atoms with E-state index in [1.54, 1.807) is 0 Å². The molecule has 2 heterocycles. The third kappa shape index (κ3) is 2.55. The lowest BCUT2D eigenvalue weighted by Crippen LogP contribution is -2.28. The minimum Gasteiger partial charge on any atom is -0.481 e. The molecule has 2 atom stereocenters. The number of hydrogen-bond acceptors (Lipinski definition) is 3. The number of hydrogen-bond donors (Lipinski definition) is 1. The summed E-state index contributed by atoms with van der Waals surface area (Å²) in [7, 11) is 0. The summed E-state index contributed by atoms with van der Waals surface area (Å²) in [5, 5.41) is 17.9. The molecule has 0 spiro atoms. The van der Waals surface area contributed by atoms with E-state index >= 15 is 0 Å². The number of rotatable bonds is 4. The van der Waals surface area contributed by atoms with Gasteiger partial charge in [-0.15, -0.1) is 10.2 Å². The zero-order valence-electron chi connectivity index (χ0n) is 12.1. The fraction of sp³-hybridized carbons (Fsp3) is 0.438. The Labute approximate surface area is 123 Å². The van der Waals surface area contributed by atoms with Crippen LogP contribution in [0.1, 0.15) is 42.9 Å². The number of nitrogens with zero attached hydrogens (tertiary/aromatic N) is 3. The first-order valence-corrected chi connectivity index (χ1v) is 7.40. The molecule has 0 amide bonds. The summed E-state index contributed by atoms with van der Waals surface area (Å²) < 4.78 is 2.02. The number of carboxylic acids is 1. The molecule has 3 rings (SSSR count). The van der Waals surface area contributed by atoms with Crippen LogP contribution in [0.4, 0.5) is 0 Å². The van der Waals surface area contributed by atoms with Gasteiger partial charge in [-0.05, 0) is 18.4 Å². The Kier molecular flexibility index (Phi) is 3.73. The van der Waals surface area contributed by atoms with Gasteiger partial charge in [0, 0.05) is 18.9 Å². The van der Waals surface area contributed by atoms with Crippen LogP contribution in [0.25, 0.3) is 0 Å². The van der Waals surface area contributed by atoms with Crippen molar-refractivity contribution in [2.45, 2.75) is 38.6 Å². The quantitative estimate of drug-likeness (QED) is 0.937. The lowest BCUT2D eigenvalue weighted by Gasteiger charge is -2.23. The summed E-state index contributed by atoms with van der Waals surface area (Å²) in [6, 6.07) is 10.2. The van der Waals surface area contributed by atoms with Gasteiger partial charge in [0.1, 0.15) is 11.6 Å². The number of benzene rings is 1. The number of aromatic nitrogens is 3. The van der Waals surface area contributed by atoms with Gasteiger partial charge in [0.15, 0.2) is 0 Å². The van der Waals surface area contributed by atoms with Crippen molar-refractivity contribution < 1.29 is 9.90 Å². The van der Waals surface area contributed by atoms with E-state index in [-0.39, 0.29) is 11.8 Å². The zero-order valence-corrected chi connectivity index (χ0v) is 12.1. The van der Waals surface area contributed by atoms with Crippen LogP contribution < -0.4 is 0 Å². The summed E-state index contributed by atoms with van der Waals surface area (Å²) in [6.07, 6.45) is 2.25. The molecular weight excluding hydrogens is 266 g/mol. The first-order valence-electron chi connectivity index (χ1n) is 7.40. The van der Waals surface area contributed by atoms with Gasteiger partial charge in [-0.1, -0.05) is 37.3 Å². The van der Waals surface area contributed by atoms with E-state index in [0.717, 1.165) is 18.1 Å². The van der Waals surface area contributed by atoms with Crippen molar-refractivity contribution in [2.75, 3.05) is 0 Å². The number of carboxylic acid groups (broad SMARTS) is 1. The lowest BCUT2D eigenvalue weighted by molar-refractivity contribution is -0.142. The maximum Gasteiger partial charge on any atom is 0.308 e. The molecule has 0 saturated heterocycles. The Hall–Kier alpha value is -2.17. The van der Waals surface area contributed by atoms with Crippen molar-refractivity contribution in [3.63, 3.8) is 0 Å². The van der Waals surface area contributed by atoms with Crippen LogP contribution >= 0.6 is 0 Å². The molecule has 5 nitrogen and oxygen atoms in total. The molecule has 0 radical (unpaired) electrons. The highest BCUT2D eigenvalue weighted by atomic mass is 16.4. The number of aliphatic carboxylic acids is 1. The van der Waals surface area contributed by atoms with Crippen molar-refractivity contribution in [1.29, 1.82) is 0 Å². The Bertz CT molecular complexity index is 636. The van der Waals surface area contributed by atoms with E-state index in [0.29, 0.717) is 19.4 Å². The van der Waals surface area contributed by atoms with Crippen LogP contribution in [-0.2, 0) is 17.8 Å². The van der Waals surface area contributed by atoms with Crippen LogP contribution in [-0.4, -0.2) is 25.8 Å². The Morgan fingerprint density at radius 1 is 1.38 bits per heavy atom. The molecule has 1 N–H and O–H groups in total. The normalized spacial score (nSPS) is 19.0. The monoisotopic (exact) mass is 285 g/mol. The molecule has 0 saturated carbocycles. The van der Waals surface area contributed by atoms with Gasteiger partial charge >= 0.3 is 5.97 Å².